The normalized spacial score (nSPS) is 19.0. The SMILES string of the molecule is C=CCCCC[C@@H](C)C(=O)N1CC(=O)C=C(OC)[C@@H]1CCCCN. The van der Waals surface area contributed by atoms with Gasteiger partial charge in [-0.2, -0.15) is 0 Å². The Labute approximate surface area is 145 Å². The number of nitrogens with zero attached hydrogens (tertiary/aromatic N) is 1. The largest absolute Gasteiger partial charge is 0.499 e. The minimum atomic E-state index is -0.151. The van der Waals surface area contributed by atoms with Crippen LogP contribution in [0.25, 0.3) is 0 Å². The maximum absolute atomic E-state index is 12.9. The van der Waals surface area contributed by atoms with Crippen LogP contribution < -0.4 is 5.73 Å². The Kier molecular flexibility index (Phi) is 9.38. The molecule has 1 aliphatic rings. The molecule has 0 radical (unpaired) electrons. The summed E-state index contributed by atoms with van der Waals surface area (Å²) in [5.41, 5.74) is 5.57. The molecule has 2 N–H and O–H groups in total. The fourth-order valence-electron chi connectivity index (χ4n) is 3.08. The van der Waals surface area contributed by atoms with E-state index in [0.29, 0.717) is 12.3 Å². The number of ether oxygens (including phenoxy) is 1. The first-order chi connectivity index (χ1) is 11.5. The van der Waals surface area contributed by atoms with E-state index < -0.39 is 0 Å². The molecule has 0 saturated carbocycles. The van der Waals surface area contributed by atoms with E-state index in [2.05, 4.69) is 6.58 Å². The summed E-state index contributed by atoms with van der Waals surface area (Å²) in [5, 5.41) is 0. The molecule has 1 aliphatic heterocycles. The number of hydrogen-bond donors (Lipinski definition) is 1. The second-order valence-electron chi connectivity index (χ2n) is 6.46. The number of nitrogens with two attached hydrogens (primary N) is 1. The molecule has 0 aromatic rings. The van der Waals surface area contributed by atoms with Crippen molar-refractivity contribution >= 4 is 11.7 Å². The van der Waals surface area contributed by atoms with Crippen LogP contribution in [0.3, 0.4) is 0 Å². The molecule has 1 heterocycles. The number of allylic oxidation sites excluding steroid dienone is 1. The summed E-state index contributed by atoms with van der Waals surface area (Å²) < 4.78 is 5.38. The average molecular weight is 336 g/mol. The highest BCUT2D eigenvalue weighted by atomic mass is 16.5. The van der Waals surface area contributed by atoms with E-state index in [1.807, 2.05) is 13.0 Å². The van der Waals surface area contributed by atoms with Gasteiger partial charge >= 0.3 is 0 Å². The lowest BCUT2D eigenvalue weighted by atomic mass is 9.96. The first-order valence-electron chi connectivity index (χ1n) is 8.95. The molecule has 136 valence electrons. The standard InChI is InChI=1S/C19H32N2O3/c1-4-5-6-7-10-15(2)19(23)21-14-16(22)13-18(24-3)17(21)11-8-9-12-20/h4,13,15,17H,1,5-12,14,20H2,2-3H3/t15-,17+/m1/s1. The topological polar surface area (TPSA) is 72.6 Å². The van der Waals surface area contributed by atoms with Gasteiger partial charge in [0.25, 0.3) is 0 Å². The monoisotopic (exact) mass is 336 g/mol. The number of carbonyl (C=O) groups is 2. The minimum absolute atomic E-state index is 0.0438. The highest BCUT2D eigenvalue weighted by molar-refractivity contribution is 5.96. The van der Waals surface area contributed by atoms with Crippen molar-refractivity contribution in [2.45, 2.75) is 57.9 Å². The summed E-state index contributed by atoms with van der Waals surface area (Å²) in [5.74, 6) is 0.475. The van der Waals surface area contributed by atoms with Crippen LogP contribution in [-0.2, 0) is 14.3 Å². The van der Waals surface area contributed by atoms with Gasteiger partial charge in [0.15, 0.2) is 5.78 Å². The van der Waals surface area contributed by atoms with Gasteiger partial charge < -0.3 is 15.4 Å². The second kappa shape index (κ2) is 11.0. The first-order valence-corrected chi connectivity index (χ1v) is 8.95. The highest BCUT2D eigenvalue weighted by Crippen LogP contribution is 2.25. The van der Waals surface area contributed by atoms with Crippen molar-refractivity contribution < 1.29 is 14.3 Å². The second-order valence-corrected chi connectivity index (χ2v) is 6.46. The summed E-state index contributed by atoms with van der Waals surface area (Å²) in [6.45, 7) is 6.44. The fraction of sp³-hybridized carbons (Fsp3) is 0.684. The van der Waals surface area contributed by atoms with Crippen molar-refractivity contribution in [3.05, 3.63) is 24.5 Å². The van der Waals surface area contributed by atoms with E-state index >= 15 is 0 Å². The van der Waals surface area contributed by atoms with E-state index in [0.717, 1.165) is 44.9 Å². The van der Waals surface area contributed by atoms with Crippen molar-refractivity contribution in [2.75, 3.05) is 20.2 Å². The summed E-state index contributed by atoms with van der Waals surface area (Å²) in [7, 11) is 1.56. The third kappa shape index (κ3) is 6.11. The van der Waals surface area contributed by atoms with Gasteiger partial charge in [-0.1, -0.05) is 19.4 Å². The first kappa shape index (κ1) is 20.4. The molecular weight excluding hydrogens is 304 g/mol. The Morgan fingerprint density at radius 1 is 1.46 bits per heavy atom. The zero-order chi connectivity index (χ0) is 17.9. The zero-order valence-corrected chi connectivity index (χ0v) is 15.1. The molecule has 0 unspecified atom stereocenters. The van der Waals surface area contributed by atoms with Crippen LogP contribution in [0, 0.1) is 5.92 Å². The summed E-state index contributed by atoms with van der Waals surface area (Å²) in [6.07, 6.45) is 9.87. The molecule has 0 fully saturated rings. The number of methoxy groups -OCH3 is 1. The molecule has 0 saturated heterocycles. The molecule has 1 amide bonds. The van der Waals surface area contributed by atoms with Crippen LogP contribution in [0.2, 0.25) is 0 Å². The molecule has 5 nitrogen and oxygen atoms in total. The van der Waals surface area contributed by atoms with Gasteiger partial charge in [-0.25, -0.2) is 0 Å². The number of amides is 1. The van der Waals surface area contributed by atoms with Crippen molar-refractivity contribution in [2.24, 2.45) is 11.7 Å². The lowest BCUT2D eigenvalue weighted by Crippen LogP contribution is -2.49. The predicted octanol–water partition coefficient (Wildman–Crippen LogP) is 2.81. The average Bonchev–Trinajstić information content (AvgIpc) is 2.58. The van der Waals surface area contributed by atoms with E-state index in [4.69, 9.17) is 10.5 Å². The molecule has 0 spiro atoms. The van der Waals surface area contributed by atoms with Crippen LogP contribution in [-0.4, -0.2) is 42.8 Å². The number of ketones is 1. The molecule has 24 heavy (non-hydrogen) atoms. The molecular formula is C19H32N2O3. The Hall–Kier alpha value is -1.62. The van der Waals surface area contributed by atoms with E-state index in [1.165, 1.54) is 6.08 Å². The number of unbranched alkanes of at least 4 members (excludes halogenated alkanes) is 3. The lowest BCUT2D eigenvalue weighted by molar-refractivity contribution is -0.141. The van der Waals surface area contributed by atoms with Crippen molar-refractivity contribution in [3.8, 4) is 0 Å². The molecule has 5 heteroatoms. The number of hydrogen-bond acceptors (Lipinski definition) is 4. The maximum atomic E-state index is 12.9. The van der Waals surface area contributed by atoms with E-state index in [1.54, 1.807) is 12.0 Å². The van der Waals surface area contributed by atoms with Crippen molar-refractivity contribution in [1.82, 2.24) is 4.90 Å². The molecule has 0 aromatic heterocycles. The van der Waals surface area contributed by atoms with Gasteiger partial charge in [0, 0.05) is 12.0 Å². The van der Waals surface area contributed by atoms with Crippen LogP contribution in [0.1, 0.15) is 51.9 Å². The van der Waals surface area contributed by atoms with Gasteiger partial charge in [0.2, 0.25) is 5.91 Å². The summed E-state index contributed by atoms with van der Waals surface area (Å²) in [4.78, 5) is 26.5. The molecule has 0 aromatic carbocycles. The van der Waals surface area contributed by atoms with Crippen LogP contribution in [0.15, 0.2) is 24.5 Å². The molecule has 2 atom stereocenters. The van der Waals surface area contributed by atoms with E-state index in [-0.39, 0.29) is 30.2 Å². The minimum Gasteiger partial charge on any atom is -0.499 e. The van der Waals surface area contributed by atoms with Gasteiger partial charge in [-0.05, 0) is 45.1 Å². The van der Waals surface area contributed by atoms with Crippen LogP contribution in [0.4, 0.5) is 0 Å². The predicted molar refractivity (Wildman–Crippen MR) is 96.3 cm³/mol. The Morgan fingerprint density at radius 2 is 2.21 bits per heavy atom. The quantitative estimate of drug-likeness (QED) is 0.465. The number of rotatable bonds is 11. The third-order valence-corrected chi connectivity index (χ3v) is 4.50. The smallest absolute Gasteiger partial charge is 0.226 e. The Bertz CT molecular complexity index is 460. The lowest BCUT2D eigenvalue weighted by Gasteiger charge is -2.36. The van der Waals surface area contributed by atoms with Gasteiger partial charge in [0.05, 0.1) is 19.7 Å². The Balaban J connectivity index is 2.75. The molecule has 0 bridgehead atoms. The van der Waals surface area contributed by atoms with Gasteiger partial charge in [-0.3, -0.25) is 9.59 Å². The van der Waals surface area contributed by atoms with Crippen molar-refractivity contribution in [1.29, 1.82) is 0 Å². The third-order valence-electron chi connectivity index (χ3n) is 4.50. The number of carbonyl (C=O) groups excluding carboxylic acids is 2. The molecule has 0 aliphatic carbocycles. The maximum Gasteiger partial charge on any atom is 0.226 e. The summed E-state index contributed by atoms with van der Waals surface area (Å²) in [6, 6.07) is -0.151. The van der Waals surface area contributed by atoms with Crippen LogP contribution in [0.5, 0.6) is 0 Å². The summed E-state index contributed by atoms with van der Waals surface area (Å²) >= 11 is 0. The molecule has 1 rings (SSSR count). The van der Waals surface area contributed by atoms with Gasteiger partial charge in [-0.15, -0.1) is 6.58 Å². The van der Waals surface area contributed by atoms with Crippen molar-refractivity contribution in [3.63, 3.8) is 0 Å². The fourth-order valence-corrected chi connectivity index (χ4v) is 3.08. The van der Waals surface area contributed by atoms with E-state index in [9.17, 15) is 9.59 Å². The van der Waals surface area contributed by atoms with Gasteiger partial charge in [0.1, 0.15) is 5.76 Å². The highest BCUT2D eigenvalue weighted by Gasteiger charge is 2.34. The zero-order valence-electron chi connectivity index (χ0n) is 15.1. The Morgan fingerprint density at radius 3 is 2.83 bits per heavy atom. The van der Waals surface area contributed by atoms with Crippen LogP contribution >= 0.6 is 0 Å².